The number of rotatable bonds is 4. The minimum Gasteiger partial charge on any atom is -0.465 e. The molecular formula is C25H27F3N4O3. The van der Waals surface area contributed by atoms with Crippen molar-refractivity contribution in [1.29, 1.82) is 0 Å². The van der Waals surface area contributed by atoms with E-state index < -0.39 is 35.6 Å². The van der Waals surface area contributed by atoms with E-state index in [4.69, 9.17) is 9.73 Å². The molecule has 35 heavy (non-hydrogen) atoms. The number of carbonyl (C=O) groups excluding carboxylic acids is 2. The number of anilines is 1. The first-order valence-electron chi connectivity index (χ1n) is 11.5. The van der Waals surface area contributed by atoms with Gasteiger partial charge in [-0.25, -0.2) is 4.99 Å². The number of carbonyl (C=O) groups is 2. The molecule has 1 saturated heterocycles. The summed E-state index contributed by atoms with van der Waals surface area (Å²) in [5.74, 6) is -1.87. The highest BCUT2D eigenvalue weighted by Gasteiger charge is 2.42. The molecule has 1 amide bonds. The van der Waals surface area contributed by atoms with Crippen molar-refractivity contribution in [3.8, 4) is 0 Å². The maximum atomic E-state index is 13.1. The van der Waals surface area contributed by atoms with Crippen molar-refractivity contribution in [2.24, 2.45) is 10.9 Å². The number of hydrogen-bond donors (Lipinski definition) is 1. The molecule has 0 radical (unpaired) electrons. The van der Waals surface area contributed by atoms with E-state index in [1.165, 1.54) is 6.07 Å². The number of piperazine rings is 1. The molecular weight excluding hydrogens is 461 g/mol. The Kier molecular flexibility index (Phi) is 7.00. The van der Waals surface area contributed by atoms with Gasteiger partial charge >= 0.3 is 12.1 Å². The van der Waals surface area contributed by atoms with Gasteiger partial charge in [-0.05, 0) is 37.6 Å². The summed E-state index contributed by atoms with van der Waals surface area (Å²) in [6.45, 7) is 5.54. The zero-order valence-electron chi connectivity index (χ0n) is 19.5. The Morgan fingerprint density at radius 1 is 1.09 bits per heavy atom. The lowest BCUT2D eigenvalue weighted by atomic mass is 9.90. The molecule has 0 saturated carbocycles. The predicted octanol–water partition coefficient (Wildman–Crippen LogP) is 3.54. The zero-order chi connectivity index (χ0) is 25.2. The number of hydrogen-bond acceptors (Lipinski definition) is 6. The molecule has 10 heteroatoms. The van der Waals surface area contributed by atoms with Crippen LogP contribution >= 0.6 is 0 Å². The average molecular weight is 489 g/mol. The van der Waals surface area contributed by atoms with Crippen molar-refractivity contribution in [2.75, 3.05) is 37.7 Å². The summed E-state index contributed by atoms with van der Waals surface area (Å²) in [6, 6.07) is 12.0. The Morgan fingerprint density at radius 2 is 1.77 bits per heavy atom. The van der Waals surface area contributed by atoms with Crippen molar-refractivity contribution in [2.45, 2.75) is 26.1 Å². The van der Waals surface area contributed by atoms with E-state index >= 15 is 0 Å². The molecule has 7 nitrogen and oxygen atoms in total. The Bertz CT molecular complexity index is 1130. The van der Waals surface area contributed by atoms with Gasteiger partial charge in [0.1, 0.15) is 6.04 Å². The molecule has 2 aliphatic heterocycles. The van der Waals surface area contributed by atoms with Gasteiger partial charge in [-0.15, -0.1) is 0 Å². The highest BCUT2D eigenvalue weighted by Crippen LogP contribution is 2.33. The van der Waals surface area contributed by atoms with Gasteiger partial charge in [-0.1, -0.05) is 35.9 Å². The van der Waals surface area contributed by atoms with Crippen molar-refractivity contribution >= 4 is 23.5 Å². The molecule has 0 unspecified atom stereocenters. The summed E-state index contributed by atoms with van der Waals surface area (Å²) in [4.78, 5) is 34.1. The summed E-state index contributed by atoms with van der Waals surface area (Å²) in [5.41, 5.74) is 1.52. The molecule has 2 aromatic rings. The van der Waals surface area contributed by atoms with Gasteiger partial charge < -0.3 is 14.5 Å². The predicted molar refractivity (Wildman–Crippen MR) is 125 cm³/mol. The molecule has 0 bridgehead atoms. The second-order valence-corrected chi connectivity index (χ2v) is 8.55. The first kappa shape index (κ1) is 24.6. The Hall–Kier alpha value is -3.56. The number of nitrogens with zero attached hydrogens (tertiary/aromatic N) is 3. The monoisotopic (exact) mass is 488 g/mol. The fourth-order valence-electron chi connectivity index (χ4n) is 4.38. The van der Waals surface area contributed by atoms with E-state index in [1.807, 2.05) is 41.0 Å². The maximum absolute atomic E-state index is 13.1. The molecule has 0 aromatic heterocycles. The largest absolute Gasteiger partial charge is 0.465 e. The lowest BCUT2D eigenvalue weighted by Gasteiger charge is -2.39. The normalized spacial score (nSPS) is 20.8. The second kappa shape index (κ2) is 9.97. The zero-order valence-corrected chi connectivity index (χ0v) is 19.5. The first-order chi connectivity index (χ1) is 16.7. The maximum Gasteiger partial charge on any atom is 0.416 e. The van der Waals surface area contributed by atoms with Crippen LogP contribution in [-0.4, -0.2) is 55.5 Å². The van der Waals surface area contributed by atoms with Crippen LogP contribution in [0.4, 0.5) is 18.9 Å². The molecule has 2 aliphatic rings. The van der Waals surface area contributed by atoms with Crippen LogP contribution < -0.4 is 10.2 Å². The summed E-state index contributed by atoms with van der Waals surface area (Å²) >= 11 is 0. The number of ether oxygens (including phenoxy) is 1. The van der Waals surface area contributed by atoms with Crippen LogP contribution in [0, 0.1) is 12.8 Å². The van der Waals surface area contributed by atoms with Crippen LogP contribution in [0.25, 0.3) is 0 Å². The molecule has 1 fully saturated rings. The number of halogens is 3. The van der Waals surface area contributed by atoms with Gasteiger partial charge in [-0.2, -0.15) is 13.2 Å². The van der Waals surface area contributed by atoms with Gasteiger partial charge in [-0.3, -0.25) is 14.9 Å². The fourth-order valence-corrected chi connectivity index (χ4v) is 4.38. The molecule has 2 aromatic carbocycles. The number of alkyl halides is 3. The highest BCUT2D eigenvalue weighted by atomic mass is 19.4. The number of aliphatic imine (C=N–C) groups is 1. The van der Waals surface area contributed by atoms with Crippen LogP contribution in [0.3, 0.4) is 0 Å². The van der Waals surface area contributed by atoms with Crippen LogP contribution in [0.1, 0.15) is 29.7 Å². The van der Waals surface area contributed by atoms with Gasteiger partial charge in [0.05, 0.1) is 12.2 Å². The quantitative estimate of drug-likeness (QED) is 0.527. The minimum absolute atomic E-state index is 0.150. The molecule has 0 aliphatic carbocycles. The SMILES string of the molecule is CCOC(=O)[C@H]1C(=O)NC(N2CCN(c3cccc(C(F)(F)F)c3)CC2)=N[C@H]1c1cccc(C)c1. The Labute approximate surface area is 201 Å². The third kappa shape index (κ3) is 5.41. The number of esters is 1. The van der Waals surface area contributed by atoms with Crippen LogP contribution in [0.5, 0.6) is 0 Å². The first-order valence-corrected chi connectivity index (χ1v) is 11.5. The van der Waals surface area contributed by atoms with E-state index in [2.05, 4.69) is 5.32 Å². The van der Waals surface area contributed by atoms with Gasteiger partial charge in [0, 0.05) is 31.9 Å². The third-order valence-corrected chi connectivity index (χ3v) is 6.14. The third-order valence-electron chi connectivity index (χ3n) is 6.14. The highest BCUT2D eigenvalue weighted by molar-refractivity contribution is 6.08. The van der Waals surface area contributed by atoms with Gasteiger partial charge in [0.25, 0.3) is 0 Å². The van der Waals surface area contributed by atoms with Gasteiger partial charge in [0.2, 0.25) is 11.9 Å². The van der Waals surface area contributed by atoms with Gasteiger partial charge in [0.15, 0.2) is 5.92 Å². The van der Waals surface area contributed by atoms with Crippen molar-refractivity contribution in [3.63, 3.8) is 0 Å². The smallest absolute Gasteiger partial charge is 0.416 e. The van der Waals surface area contributed by atoms with Crippen LogP contribution in [0.15, 0.2) is 53.5 Å². The molecule has 0 spiro atoms. The number of nitrogens with one attached hydrogen (secondary N) is 1. The van der Waals surface area contributed by atoms with E-state index in [1.54, 1.807) is 13.0 Å². The van der Waals surface area contributed by atoms with E-state index in [0.717, 1.165) is 23.3 Å². The van der Waals surface area contributed by atoms with E-state index in [0.29, 0.717) is 37.8 Å². The second-order valence-electron chi connectivity index (χ2n) is 8.55. The summed E-state index contributed by atoms with van der Waals surface area (Å²) in [5, 5.41) is 2.74. The average Bonchev–Trinajstić information content (AvgIpc) is 2.83. The molecule has 1 N–H and O–H groups in total. The molecule has 186 valence electrons. The van der Waals surface area contributed by atoms with Crippen molar-refractivity contribution in [1.82, 2.24) is 10.2 Å². The van der Waals surface area contributed by atoms with E-state index in [-0.39, 0.29) is 6.61 Å². The standard InChI is InChI=1S/C25H27F3N4O3/c1-3-35-23(34)20-21(17-7-4-6-16(2)14-17)29-24(30-22(20)33)32-12-10-31(11-13-32)19-9-5-8-18(15-19)25(26,27)28/h4-9,14-15,20-21H,3,10-13H2,1-2H3,(H,29,30,33)/t20-,21+/m1/s1. The lowest BCUT2D eigenvalue weighted by molar-refractivity contribution is -0.153. The van der Waals surface area contributed by atoms with Crippen LogP contribution in [0.2, 0.25) is 0 Å². The van der Waals surface area contributed by atoms with E-state index in [9.17, 15) is 22.8 Å². The summed E-state index contributed by atoms with van der Waals surface area (Å²) in [7, 11) is 0. The number of amides is 1. The fraction of sp³-hybridized carbons (Fsp3) is 0.400. The number of benzene rings is 2. The molecule has 2 atom stereocenters. The van der Waals surface area contributed by atoms with Crippen LogP contribution in [-0.2, 0) is 20.5 Å². The van der Waals surface area contributed by atoms with Crippen molar-refractivity contribution < 1.29 is 27.5 Å². The minimum atomic E-state index is -4.40. The number of guanidine groups is 1. The Balaban J connectivity index is 1.54. The Morgan fingerprint density at radius 3 is 2.43 bits per heavy atom. The van der Waals surface area contributed by atoms with Crippen molar-refractivity contribution in [3.05, 3.63) is 65.2 Å². The number of aryl methyl sites for hydroxylation is 1. The molecule has 2 heterocycles. The summed E-state index contributed by atoms with van der Waals surface area (Å²) in [6.07, 6.45) is -4.40. The topological polar surface area (TPSA) is 74.2 Å². The molecule has 4 rings (SSSR count). The lowest BCUT2D eigenvalue weighted by Crippen LogP contribution is -2.57. The summed E-state index contributed by atoms with van der Waals surface area (Å²) < 4.78 is 44.4.